The molecule has 2 aromatic carbocycles. The van der Waals surface area contributed by atoms with E-state index in [0.717, 1.165) is 5.56 Å². The lowest BCUT2D eigenvalue weighted by atomic mass is 10.1. The first-order valence-electron chi connectivity index (χ1n) is 10.9. The van der Waals surface area contributed by atoms with E-state index in [1.54, 1.807) is 26.0 Å². The van der Waals surface area contributed by atoms with E-state index in [2.05, 4.69) is 33.9 Å². The third-order valence-electron chi connectivity index (χ3n) is 6.30. The molecular formula is C25H34FNO5Si. The predicted molar refractivity (Wildman–Crippen MR) is 130 cm³/mol. The van der Waals surface area contributed by atoms with Crippen molar-refractivity contribution in [3.8, 4) is 0 Å². The van der Waals surface area contributed by atoms with Gasteiger partial charge in [0.1, 0.15) is 5.82 Å². The number of nitrogens with zero attached hydrogens (tertiary/aromatic N) is 1. The monoisotopic (exact) mass is 475 g/mol. The zero-order valence-corrected chi connectivity index (χ0v) is 21.4. The topological polar surface area (TPSA) is 87.1 Å². The van der Waals surface area contributed by atoms with Crippen LogP contribution in [-0.4, -0.2) is 43.1 Å². The van der Waals surface area contributed by atoms with Gasteiger partial charge in [0.25, 0.3) is 0 Å². The van der Waals surface area contributed by atoms with Crippen molar-refractivity contribution < 1.29 is 28.6 Å². The van der Waals surface area contributed by atoms with E-state index in [4.69, 9.17) is 4.43 Å². The van der Waals surface area contributed by atoms with E-state index < -0.39 is 32.1 Å². The largest absolute Gasteiger partial charge is 0.479 e. The second kappa shape index (κ2) is 10.1. The highest BCUT2D eigenvalue weighted by molar-refractivity contribution is 6.74. The summed E-state index contributed by atoms with van der Waals surface area (Å²) in [5.41, 5.74) is 2.30. The molecule has 0 amide bonds. The van der Waals surface area contributed by atoms with Crippen LogP contribution in [0.15, 0.2) is 36.4 Å². The van der Waals surface area contributed by atoms with Gasteiger partial charge in [0.2, 0.25) is 6.04 Å². The Hall–Kier alpha value is -2.71. The fourth-order valence-electron chi connectivity index (χ4n) is 3.30. The number of benzene rings is 2. The summed E-state index contributed by atoms with van der Waals surface area (Å²) in [6.45, 7) is 14.6. The van der Waals surface area contributed by atoms with Gasteiger partial charge < -0.3 is 19.5 Å². The Morgan fingerprint density at radius 1 is 1.00 bits per heavy atom. The zero-order valence-electron chi connectivity index (χ0n) is 20.4. The van der Waals surface area contributed by atoms with E-state index in [0.29, 0.717) is 35.5 Å². The number of carboxylic acids is 2. The van der Waals surface area contributed by atoms with E-state index in [1.165, 1.54) is 17.0 Å². The highest BCUT2D eigenvalue weighted by Gasteiger charge is 2.37. The number of halogens is 1. The van der Waals surface area contributed by atoms with Crippen LogP contribution in [0.5, 0.6) is 0 Å². The molecule has 0 unspecified atom stereocenters. The molecule has 180 valence electrons. The molecule has 0 fully saturated rings. The molecular weight excluding hydrogens is 441 g/mol. The molecule has 0 saturated heterocycles. The Morgan fingerprint density at radius 3 is 1.91 bits per heavy atom. The number of carbonyl (C=O) groups is 2. The van der Waals surface area contributed by atoms with E-state index >= 15 is 0 Å². The molecule has 33 heavy (non-hydrogen) atoms. The lowest BCUT2D eigenvalue weighted by Crippen LogP contribution is -2.44. The second-order valence-electron chi connectivity index (χ2n) is 9.87. The molecule has 0 bridgehead atoms. The van der Waals surface area contributed by atoms with Crippen LogP contribution in [0.2, 0.25) is 18.1 Å². The highest BCUT2D eigenvalue weighted by atomic mass is 28.4. The second-order valence-corrected chi connectivity index (χ2v) is 14.7. The van der Waals surface area contributed by atoms with Crippen molar-refractivity contribution >= 4 is 31.6 Å². The molecule has 0 atom stereocenters. The maximum absolute atomic E-state index is 14.2. The molecule has 0 saturated carbocycles. The lowest BCUT2D eigenvalue weighted by Gasteiger charge is -2.36. The van der Waals surface area contributed by atoms with E-state index in [-0.39, 0.29) is 5.04 Å². The molecule has 2 rings (SSSR count). The van der Waals surface area contributed by atoms with Crippen molar-refractivity contribution in [2.45, 2.75) is 65.2 Å². The fourth-order valence-corrected chi connectivity index (χ4v) is 4.34. The van der Waals surface area contributed by atoms with Crippen molar-refractivity contribution in [3.05, 3.63) is 58.9 Å². The summed E-state index contributed by atoms with van der Waals surface area (Å²) in [5.74, 6) is -3.42. The van der Waals surface area contributed by atoms with Crippen LogP contribution in [-0.2, 0) is 20.4 Å². The predicted octanol–water partition coefficient (Wildman–Crippen LogP) is 5.68. The van der Waals surface area contributed by atoms with E-state index in [9.17, 15) is 24.2 Å². The first-order valence-corrected chi connectivity index (χ1v) is 13.8. The normalized spacial score (nSPS) is 12.2. The van der Waals surface area contributed by atoms with Gasteiger partial charge in [0.05, 0.1) is 0 Å². The van der Waals surface area contributed by atoms with Gasteiger partial charge in [-0.2, -0.15) is 0 Å². The highest BCUT2D eigenvalue weighted by Crippen LogP contribution is 2.36. The summed E-state index contributed by atoms with van der Waals surface area (Å²) in [5, 5.41) is 19.4. The zero-order chi connectivity index (χ0) is 25.1. The number of carboxylic acid groups (broad SMARTS) is 2. The smallest absolute Gasteiger partial charge is 0.338 e. The SMILES string of the molecule is Cc1cc(N(c2ccc(CCO[Si](C)(C)C(C)(C)C)cc2)C(C(=O)O)C(=O)O)cc(C)c1F. The molecule has 6 nitrogen and oxygen atoms in total. The van der Waals surface area contributed by atoms with Gasteiger partial charge in [-0.05, 0) is 79.4 Å². The molecule has 2 aromatic rings. The van der Waals surface area contributed by atoms with Gasteiger partial charge in [0, 0.05) is 18.0 Å². The Kier molecular flexibility index (Phi) is 8.08. The van der Waals surface area contributed by atoms with Crippen LogP contribution in [0.3, 0.4) is 0 Å². The molecule has 0 radical (unpaired) electrons. The van der Waals surface area contributed by atoms with Crippen LogP contribution in [0, 0.1) is 19.7 Å². The number of rotatable bonds is 9. The average Bonchev–Trinajstić information content (AvgIpc) is 2.69. The Morgan fingerprint density at radius 2 is 1.48 bits per heavy atom. The summed E-state index contributed by atoms with van der Waals surface area (Å²) >= 11 is 0. The summed E-state index contributed by atoms with van der Waals surface area (Å²) in [7, 11) is -1.86. The van der Waals surface area contributed by atoms with Gasteiger partial charge >= 0.3 is 11.9 Å². The molecule has 0 aliphatic carbocycles. The lowest BCUT2D eigenvalue weighted by molar-refractivity contribution is -0.149. The Labute approximate surface area is 196 Å². The number of aliphatic carboxylic acids is 2. The van der Waals surface area contributed by atoms with Gasteiger partial charge in [0.15, 0.2) is 8.32 Å². The minimum absolute atomic E-state index is 0.117. The van der Waals surface area contributed by atoms with Crippen molar-refractivity contribution in [1.29, 1.82) is 0 Å². The van der Waals surface area contributed by atoms with Gasteiger partial charge in [-0.25, -0.2) is 14.0 Å². The van der Waals surface area contributed by atoms with Gasteiger partial charge in [-0.15, -0.1) is 0 Å². The molecule has 0 heterocycles. The Bertz CT molecular complexity index is 977. The third kappa shape index (κ3) is 6.20. The third-order valence-corrected chi connectivity index (χ3v) is 10.8. The summed E-state index contributed by atoms with van der Waals surface area (Å²) in [4.78, 5) is 24.9. The number of anilines is 2. The minimum atomic E-state index is -1.86. The number of hydrogen-bond acceptors (Lipinski definition) is 4. The van der Waals surface area contributed by atoms with Crippen molar-refractivity contribution in [2.75, 3.05) is 11.5 Å². The van der Waals surface area contributed by atoms with Crippen LogP contribution in [0.4, 0.5) is 15.8 Å². The molecule has 0 aliphatic rings. The van der Waals surface area contributed by atoms with Gasteiger partial charge in [-0.1, -0.05) is 32.9 Å². The maximum atomic E-state index is 14.2. The molecule has 0 spiro atoms. The standard InChI is InChI=1S/C25H34FNO5Si/c1-16-14-20(15-17(2)21(16)26)27(22(23(28)29)24(30)31)19-10-8-18(9-11-19)12-13-32-33(6,7)25(3,4)5/h8-11,14-15,22H,12-13H2,1-7H3,(H,28,29)(H,30,31). The van der Waals surface area contributed by atoms with Crippen LogP contribution < -0.4 is 4.90 Å². The fraction of sp³-hybridized carbons (Fsp3) is 0.440. The minimum Gasteiger partial charge on any atom is -0.479 e. The summed E-state index contributed by atoms with van der Waals surface area (Å²) < 4.78 is 20.4. The summed E-state index contributed by atoms with van der Waals surface area (Å²) in [6, 6.07) is 8.11. The van der Waals surface area contributed by atoms with Crippen molar-refractivity contribution in [3.63, 3.8) is 0 Å². The van der Waals surface area contributed by atoms with Crippen LogP contribution >= 0.6 is 0 Å². The Balaban J connectivity index is 2.35. The van der Waals surface area contributed by atoms with Crippen LogP contribution in [0.25, 0.3) is 0 Å². The molecule has 8 heteroatoms. The van der Waals surface area contributed by atoms with Crippen molar-refractivity contribution in [2.24, 2.45) is 0 Å². The average molecular weight is 476 g/mol. The first-order chi connectivity index (χ1) is 15.2. The molecule has 2 N–H and O–H groups in total. The number of aryl methyl sites for hydroxylation is 2. The van der Waals surface area contributed by atoms with Crippen LogP contribution in [0.1, 0.15) is 37.5 Å². The molecule has 0 aromatic heterocycles. The quantitative estimate of drug-likeness (QED) is 0.358. The number of hydrogen-bond donors (Lipinski definition) is 2. The first kappa shape index (κ1) is 26.5. The maximum Gasteiger partial charge on any atom is 0.338 e. The molecule has 0 aliphatic heterocycles. The summed E-state index contributed by atoms with van der Waals surface area (Å²) in [6.07, 6.45) is 0.683. The van der Waals surface area contributed by atoms with E-state index in [1.807, 2.05) is 12.1 Å². The van der Waals surface area contributed by atoms with Crippen molar-refractivity contribution in [1.82, 2.24) is 0 Å². The van der Waals surface area contributed by atoms with Gasteiger partial charge in [-0.3, -0.25) is 0 Å².